The molecule has 0 fully saturated rings. The SMILES string of the molecule is Cc1cc(NC(=O)CCS(=O)(=O)c2ccc3c(c2)NC(=O)C(C)CS3)no1. The largest absolute Gasteiger partial charge is 0.360 e. The normalized spacial score (nSPS) is 17.0. The monoisotopic (exact) mass is 409 g/mol. The van der Waals surface area contributed by atoms with Crippen LogP contribution in [0.1, 0.15) is 19.1 Å². The van der Waals surface area contributed by atoms with Gasteiger partial charge in [0.1, 0.15) is 5.76 Å². The van der Waals surface area contributed by atoms with Gasteiger partial charge in [-0.05, 0) is 25.1 Å². The third-order valence-corrected chi connectivity index (χ3v) is 7.05. The Bertz CT molecular complexity index is 984. The highest BCUT2D eigenvalue weighted by molar-refractivity contribution is 7.99. The maximum absolute atomic E-state index is 12.6. The van der Waals surface area contributed by atoms with Crippen molar-refractivity contribution in [3.8, 4) is 0 Å². The van der Waals surface area contributed by atoms with Gasteiger partial charge in [0, 0.05) is 29.1 Å². The summed E-state index contributed by atoms with van der Waals surface area (Å²) in [6.07, 6.45) is -0.219. The van der Waals surface area contributed by atoms with E-state index in [1.165, 1.54) is 23.9 Å². The molecule has 1 atom stereocenters. The first-order valence-corrected chi connectivity index (χ1v) is 10.9. The van der Waals surface area contributed by atoms with Gasteiger partial charge in [-0.15, -0.1) is 11.8 Å². The molecule has 0 spiro atoms. The van der Waals surface area contributed by atoms with E-state index < -0.39 is 15.7 Å². The first-order chi connectivity index (χ1) is 12.7. The van der Waals surface area contributed by atoms with Crippen molar-refractivity contribution in [2.24, 2.45) is 5.92 Å². The van der Waals surface area contributed by atoms with Crippen LogP contribution in [-0.2, 0) is 19.4 Å². The Balaban J connectivity index is 1.69. The highest BCUT2D eigenvalue weighted by Crippen LogP contribution is 2.34. The fourth-order valence-corrected chi connectivity index (χ4v) is 4.72. The molecule has 2 heterocycles. The molecule has 0 radical (unpaired) electrons. The Morgan fingerprint density at radius 3 is 2.89 bits per heavy atom. The number of carbonyl (C=O) groups excluding carboxylic acids is 2. The van der Waals surface area contributed by atoms with Crippen LogP contribution in [0.2, 0.25) is 0 Å². The van der Waals surface area contributed by atoms with E-state index in [2.05, 4.69) is 15.8 Å². The fourth-order valence-electron chi connectivity index (χ4n) is 2.45. The number of nitrogens with one attached hydrogen (secondary N) is 2. The van der Waals surface area contributed by atoms with Crippen LogP contribution in [0.3, 0.4) is 0 Å². The van der Waals surface area contributed by atoms with Gasteiger partial charge in [-0.1, -0.05) is 12.1 Å². The number of nitrogens with zero attached hydrogens (tertiary/aromatic N) is 1. The zero-order valence-electron chi connectivity index (χ0n) is 14.8. The number of amides is 2. The highest BCUT2D eigenvalue weighted by atomic mass is 32.2. The Morgan fingerprint density at radius 1 is 1.41 bits per heavy atom. The van der Waals surface area contributed by atoms with Gasteiger partial charge < -0.3 is 15.2 Å². The third kappa shape index (κ3) is 4.69. The second kappa shape index (κ2) is 7.73. The lowest BCUT2D eigenvalue weighted by Crippen LogP contribution is -2.20. The molecule has 8 nitrogen and oxygen atoms in total. The van der Waals surface area contributed by atoms with Crippen LogP contribution in [0.5, 0.6) is 0 Å². The van der Waals surface area contributed by atoms with Gasteiger partial charge in [0.05, 0.1) is 16.3 Å². The van der Waals surface area contributed by atoms with Gasteiger partial charge in [0.25, 0.3) is 0 Å². The van der Waals surface area contributed by atoms with E-state index in [1.807, 2.05) is 6.92 Å². The van der Waals surface area contributed by atoms with E-state index >= 15 is 0 Å². The van der Waals surface area contributed by atoms with Gasteiger partial charge in [-0.2, -0.15) is 0 Å². The van der Waals surface area contributed by atoms with E-state index in [1.54, 1.807) is 19.1 Å². The molecule has 10 heteroatoms. The molecular weight excluding hydrogens is 390 g/mol. The Hall–Kier alpha value is -2.33. The zero-order valence-corrected chi connectivity index (χ0v) is 16.4. The van der Waals surface area contributed by atoms with Gasteiger partial charge >= 0.3 is 0 Å². The molecule has 2 aromatic rings. The van der Waals surface area contributed by atoms with Gasteiger partial charge in [-0.25, -0.2) is 8.42 Å². The molecule has 1 aromatic carbocycles. The summed E-state index contributed by atoms with van der Waals surface area (Å²) in [5, 5.41) is 8.88. The van der Waals surface area contributed by atoms with Crippen LogP contribution in [0.15, 0.2) is 38.6 Å². The third-order valence-electron chi connectivity index (χ3n) is 4.00. The van der Waals surface area contributed by atoms with Crippen molar-refractivity contribution in [2.45, 2.75) is 30.1 Å². The molecule has 1 unspecified atom stereocenters. The van der Waals surface area contributed by atoms with Crippen LogP contribution in [0, 0.1) is 12.8 Å². The van der Waals surface area contributed by atoms with Crippen molar-refractivity contribution in [2.75, 3.05) is 22.1 Å². The Kier molecular flexibility index (Phi) is 5.56. The minimum absolute atomic E-state index is 0.0711. The average Bonchev–Trinajstić information content (AvgIpc) is 2.96. The van der Waals surface area contributed by atoms with Crippen LogP contribution >= 0.6 is 11.8 Å². The molecule has 2 N–H and O–H groups in total. The maximum Gasteiger partial charge on any atom is 0.228 e. The van der Waals surface area contributed by atoms with Gasteiger partial charge in [0.15, 0.2) is 15.7 Å². The van der Waals surface area contributed by atoms with E-state index in [-0.39, 0.29) is 34.7 Å². The van der Waals surface area contributed by atoms with E-state index in [0.717, 1.165) is 4.90 Å². The fraction of sp³-hybridized carbons (Fsp3) is 0.353. The van der Waals surface area contributed by atoms with E-state index in [4.69, 9.17) is 4.52 Å². The quantitative estimate of drug-likeness (QED) is 0.779. The second-order valence-corrected chi connectivity index (χ2v) is 9.47. The number of carbonyl (C=O) groups is 2. The predicted molar refractivity (Wildman–Crippen MR) is 101 cm³/mol. The van der Waals surface area contributed by atoms with E-state index in [9.17, 15) is 18.0 Å². The lowest BCUT2D eigenvalue weighted by Gasteiger charge is -2.10. The first kappa shape index (κ1) is 19.4. The van der Waals surface area contributed by atoms with Gasteiger partial charge in [-0.3, -0.25) is 9.59 Å². The molecule has 0 bridgehead atoms. The smallest absolute Gasteiger partial charge is 0.228 e. The van der Waals surface area contributed by atoms with Gasteiger partial charge in [0.2, 0.25) is 11.8 Å². The molecule has 27 heavy (non-hydrogen) atoms. The number of thioether (sulfide) groups is 1. The first-order valence-electron chi connectivity index (χ1n) is 8.28. The summed E-state index contributed by atoms with van der Waals surface area (Å²) in [4.78, 5) is 24.8. The number of anilines is 2. The van der Waals surface area contributed by atoms with Crippen molar-refractivity contribution in [3.63, 3.8) is 0 Å². The number of fused-ring (bicyclic) bond motifs is 1. The Morgan fingerprint density at radius 2 is 2.19 bits per heavy atom. The molecule has 0 saturated heterocycles. The highest BCUT2D eigenvalue weighted by Gasteiger charge is 2.23. The number of hydrogen-bond acceptors (Lipinski definition) is 7. The lowest BCUT2D eigenvalue weighted by molar-refractivity contribution is -0.118. The van der Waals surface area contributed by atoms with Crippen LogP contribution < -0.4 is 10.6 Å². The molecular formula is C17H19N3O5S2. The zero-order chi connectivity index (χ0) is 19.6. The molecule has 0 aliphatic carbocycles. The summed E-state index contributed by atoms with van der Waals surface area (Å²) < 4.78 is 30.0. The lowest BCUT2D eigenvalue weighted by atomic mass is 10.2. The van der Waals surface area contributed by atoms with Crippen molar-refractivity contribution >= 4 is 44.9 Å². The number of aryl methyl sites for hydroxylation is 1. The molecule has 2 amide bonds. The predicted octanol–water partition coefficient (Wildman–Crippen LogP) is 2.47. The summed E-state index contributed by atoms with van der Waals surface area (Å²) in [6.45, 7) is 3.50. The standard InChI is InChI=1S/C17H19N3O5S2/c1-10-9-26-14-4-3-12(8-13(14)18-17(10)22)27(23,24)6-5-16(21)19-15-7-11(2)25-20-15/h3-4,7-8,10H,5-6,9H2,1-2H3,(H,18,22)(H,19,20,21). The number of benzene rings is 1. The average molecular weight is 409 g/mol. The summed E-state index contributed by atoms with van der Waals surface area (Å²) in [5.74, 6) is 0.285. The van der Waals surface area contributed by atoms with E-state index in [0.29, 0.717) is 17.2 Å². The summed E-state index contributed by atoms with van der Waals surface area (Å²) in [6, 6.07) is 6.18. The van der Waals surface area contributed by atoms with Crippen molar-refractivity contribution in [1.29, 1.82) is 0 Å². The molecule has 144 valence electrons. The second-order valence-electron chi connectivity index (χ2n) is 6.30. The van der Waals surface area contributed by atoms with Crippen LogP contribution in [0.4, 0.5) is 11.5 Å². The van der Waals surface area contributed by atoms with Crippen molar-refractivity contribution in [1.82, 2.24) is 5.16 Å². The molecule has 3 rings (SSSR count). The molecule has 0 saturated carbocycles. The molecule has 1 aromatic heterocycles. The minimum Gasteiger partial charge on any atom is -0.360 e. The maximum atomic E-state index is 12.6. The summed E-state index contributed by atoms with van der Waals surface area (Å²) in [5.41, 5.74) is 0.484. The summed E-state index contributed by atoms with van der Waals surface area (Å²) >= 11 is 1.50. The van der Waals surface area contributed by atoms with Crippen molar-refractivity contribution in [3.05, 3.63) is 30.0 Å². The molecule has 1 aliphatic rings. The molecule has 1 aliphatic heterocycles. The summed E-state index contributed by atoms with van der Waals surface area (Å²) in [7, 11) is -3.68. The number of sulfone groups is 1. The Labute approximate surface area is 161 Å². The minimum atomic E-state index is -3.68. The number of hydrogen-bond donors (Lipinski definition) is 2. The van der Waals surface area contributed by atoms with Crippen molar-refractivity contribution < 1.29 is 22.5 Å². The van der Waals surface area contributed by atoms with Crippen LogP contribution in [0.25, 0.3) is 0 Å². The van der Waals surface area contributed by atoms with Crippen LogP contribution in [-0.4, -0.2) is 36.9 Å². The number of rotatable bonds is 5. The topological polar surface area (TPSA) is 118 Å². The number of aromatic nitrogens is 1.